The SMILES string of the molecule is [C-]#[N+]C[C@@H]1CCCN(c2nc(OC[C@@H]3CCCN3C)nc3c2CCN(c2c(C)c(C)cc4[nH]ncc24)C3)C1. The Bertz CT molecular complexity index is 1360. The summed E-state index contributed by atoms with van der Waals surface area (Å²) in [4.78, 5) is 21.0. The fourth-order valence-corrected chi connectivity index (χ4v) is 6.52. The molecule has 1 N–H and O–H groups in total. The van der Waals surface area contributed by atoms with Crippen molar-refractivity contribution in [2.24, 2.45) is 5.92 Å². The van der Waals surface area contributed by atoms with Gasteiger partial charge >= 0.3 is 6.01 Å². The Morgan fingerprint density at radius 3 is 2.82 bits per heavy atom. The summed E-state index contributed by atoms with van der Waals surface area (Å²) in [6.07, 6.45) is 7.40. The predicted molar refractivity (Wildman–Crippen MR) is 150 cm³/mol. The van der Waals surface area contributed by atoms with Crippen molar-refractivity contribution in [2.75, 3.05) is 56.2 Å². The molecule has 5 heterocycles. The first-order valence-corrected chi connectivity index (χ1v) is 14.0. The molecule has 2 atom stereocenters. The maximum absolute atomic E-state index is 7.37. The third kappa shape index (κ3) is 4.66. The summed E-state index contributed by atoms with van der Waals surface area (Å²) in [5, 5.41) is 8.65. The monoisotopic (exact) mass is 514 g/mol. The Kier molecular flexibility index (Phi) is 6.83. The fourth-order valence-electron chi connectivity index (χ4n) is 6.52. The molecule has 3 aromatic rings. The summed E-state index contributed by atoms with van der Waals surface area (Å²) >= 11 is 0. The molecular weight excluding hydrogens is 476 g/mol. The average Bonchev–Trinajstić information content (AvgIpc) is 3.56. The zero-order chi connectivity index (χ0) is 26.2. The number of ether oxygens (including phenoxy) is 1. The van der Waals surface area contributed by atoms with Crippen LogP contribution in [0.2, 0.25) is 0 Å². The van der Waals surface area contributed by atoms with E-state index in [0.29, 0.717) is 37.7 Å². The number of H-pyrrole nitrogens is 1. The molecule has 0 unspecified atom stereocenters. The summed E-state index contributed by atoms with van der Waals surface area (Å²) in [6.45, 7) is 17.5. The maximum Gasteiger partial charge on any atom is 0.318 e. The molecule has 6 rings (SSSR count). The lowest BCUT2D eigenvalue weighted by molar-refractivity contribution is 0.187. The molecule has 38 heavy (non-hydrogen) atoms. The number of anilines is 2. The largest absolute Gasteiger partial charge is 0.462 e. The van der Waals surface area contributed by atoms with Crippen molar-refractivity contribution in [3.8, 4) is 6.01 Å². The molecular formula is C29H38N8O. The van der Waals surface area contributed by atoms with Gasteiger partial charge in [0.15, 0.2) is 0 Å². The van der Waals surface area contributed by atoms with Gasteiger partial charge in [-0.2, -0.15) is 15.1 Å². The Balaban J connectivity index is 1.34. The molecule has 2 aromatic heterocycles. The Morgan fingerprint density at radius 2 is 2.00 bits per heavy atom. The normalized spacial score (nSPS) is 22.1. The summed E-state index contributed by atoms with van der Waals surface area (Å²) in [5.74, 6) is 1.42. The molecule has 0 saturated carbocycles. The van der Waals surface area contributed by atoms with E-state index in [1.165, 1.54) is 28.8 Å². The van der Waals surface area contributed by atoms with Crippen molar-refractivity contribution in [2.45, 2.75) is 58.5 Å². The number of hydrogen-bond acceptors (Lipinski definition) is 7. The Labute approximate surface area is 225 Å². The lowest BCUT2D eigenvalue weighted by atomic mass is 9.96. The minimum Gasteiger partial charge on any atom is -0.462 e. The van der Waals surface area contributed by atoms with Crippen molar-refractivity contribution in [1.82, 2.24) is 25.1 Å². The van der Waals surface area contributed by atoms with Crippen LogP contribution >= 0.6 is 0 Å². The molecule has 0 radical (unpaired) electrons. The highest BCUT2D eigenvalue weighted by molar-refractivity contribution is 5.94. The fraction of sp³-hybridized carbons (Fsp3) is 0.586. The third-order valence-electron chi connectivity index (χ3n) is 8.81. The molecule has 0 aliphatic carbocycles. The molecule has 2 saturated heterocycles. The van der Waals surface area contributed by atoms with E-state index in [1.54, 1.807) is 0 Å². The van der Waals surface area contributed by atoms with Gasteiger partial charge in [-0.1, -0.05) is 0 Å². The van der Waals surface area contributed by atoms with Crippen molar-refractivity contribution in [1.29, 1.82) is 0 Å². The summed E-state index contributed by atoms with van der Waals surface area (Å²) in [5.41, 5.74) is 7.15. The van der Waals surface area contributed by atoms with Crippen LogP contribution in [0.4, 0.5) is 11.5 Å². The molecule has 1 aromatic carbocycles. The van der Waals surface area contributed by atoms with Crippen LogP contribution < -0.4 is 14.5 Å². The van der Waals surface area contributed by atoms with E-state index in [-0.39, 0.29) is 0 Å². The van der Waals surface area contributed by atoms with Crippen LogP contribution in [0.1, 0.15) is 48.1 Å². The van der Waals surface area contributed by atoms with Gasteiger partial charge < -0.3 is 24.3 Å². The smallest absolute Gasteiger partial charge is 0.318 e. The van der Waals surface area contributed by atoms with Crippen molar-refractivity contribution in [3.63, 3.8) is 0 Å². The van der Waals surface area contributed by atoms with E-state index in [1.807, 2.05) is 6.20 Å². The van der Waals surface area contributed by atoms with E-state index in [2.05, 4.69) is 56.7 Å². The van der Waals surface area contributed by atoms with E-state index in [9.17, 15) is 0 Å². The molecule has 3 aliphatic rings. The summed E-state index contributed by atoms with van der Waals surface area (Å²) in [6, 6.07) is 3.08. The molecule has 0 amide bonds. The highest BCUT2D eigenvalue weighted by atomic mass is 16.5. The van der Waals surface area contributed by atoms with Crippen LogP contribution in [0.25, 0.3) is 15.7 Å². The van der Waals surface area contributed by atoms with Crippen molar-refractivity contribution < 1.29 is 4.74 Å². The number of hydrogen-bond donors (Lipinski definition) is 1. The van der Waals surface area contributed by atoms with E-state index in [4.69, 9.17) is 21.3 Å². The van der Waals surface area contributed by atoms with Crippen molar-refractivity contribution in [3.05, 3.63) is 46.1 Å². The highest BCUT2D eigenvalue weighted by Crippen LogP contribution is 2.37. The van der Waals surface area contributed by atoms with Crippen LogP contribution in [0.5, 0.6) is 6.01 Å². The standard InChI is InChI=1S/C29H38N8O/c1-19-13-25-24(15-31-34-25)27(20(19)2)36-12-9-23-26(17-36)32-29(38-18-22-8-6-10-35(22)4)33-28(23)37-11-5-7-21(16-37)14-30-3/h13,15,21-22H,5-12,14,16-18H2,1-2,4H3,(H,31,34)/t21-,22-/m0/s1. The molecule has 0 spiro atoms. The van der Waals surface area contributed by atoms with Gasteiger partial charge in [-0.05, 0) is 76.7 Å². The molecule has 9 nitrogen and oxygen atoms in total. The number of piperidine rings is 1. The van der Waals surface area contributed by atoms with E-state index < -0.39 is 0 Å². The van der Waals surface area contributed by atoms with E-state index >= 15 is 0 Å². The third-order valence-corrected chi connectivity index (χ3v) is 8.81. The number of aromatic amines is 1. The zero-order valence-electron chi connectivity index (χ0n) is 22.8. The molecule has 0 bridgehead atoms. The van der Waals surface area contributed by atoms with Crippen molar-refractivity contribution >= 4 is 22.4 Å². The number of aryl methyl sites for hydroxylation is 1. The highest BCUT2D eigenvalue weighted by Gasteiger charge is 2.31. The number of nitrogens with zero attached hydrogens (tertiary/aromatic N) is 7. The number of likely N-dealkylation sites (N-methyl/N-ethyl adjacent to an activating group) is 1. The lowest BCUT2D eigenvalue weighted by Gasteiger charge is -2.37. The average molecular weight is 515 g/mol. The number of fused-ring (bicyclic) bond motifs is 2. The first-order valence-electron chi connectivity index (χ1n) is 14.0. The molecule has 200 valence electrons. The minimum atomic E-state index is 0.396. The topological polar surface area (TPSA) is 77.8 Å². The second-order valence-electron chi connectivity index (χ2n) is 11.3. The lowest BCUT2D eigenvalue weighted by Crippen LogP contribution is -2.40. The van der Waals surface area contributed by atoms with Gasteiger partial charge in [-0.25, -0.2) is 6.57 Å². The van der Waals surface area contributed by atoms with Gasteiger partial charge in [0, 0.05) is 42.5 Å². The van der Waals surface area contributed by atoms with Gasteiger partial charge in [0.05, 0.1) is 29.6 Å². The van der Waals surface area contributed by atoms with Crippen LogP contribution in [0, 0.1) is 26.3 Å². The second-order valence-corrected chi connectivity index (χ2v) is 11.3. The first kappa shape index (κ1) is 24.9. The molecule has 2 fully saturated rings. The maximum atomic E-state index is 7.37. The number of aromatic nitrogens is 4. The van der Waals surface area contributed by atoms with Gasteiger partial charge in [-0.3, -0.25) is 5.10 Å². The van der Waals surface area contributed by atoms with E-state index in [0.717, 1.165) is 74.3 Å². The van der Waals surface area contributed by atoms with Gasteiger partial charge in [-0.15, -0.1) is 0 Å². The quantitative estimate of drug-likeness (QED) is 0.496. The zero-order valence-corrected chi connectivity index (χ0v) is 22.8. The predicted octanol–water partition coefficient (Wildman–Crippen LogP) is 4.14. The van der Waals surface area contributed by atoms with Crippen LogP contribution in [-0.2, 0) is 13.0 Å². The molecule has 3 aliphatic heterocycles. The molecule has 9 heteroatoms. The van der Waals surface area contributed by atoms with Crippen LogP contribution in [-0.4, -0.2) is 77.5 Å². The van der Waals surface area contributed by atoms with Crippen LogP contribution in [0.15, 0.2) is 12.3 Å². The first-order chi connectivity index (χ1) is 18.5. The van der Waals surface area contributed by atoms with Gasteiger partial charge in [0.1, 0.15) is 12.4 Å². The minimum absolute atomic E-state index is 0.396. The number of nitrogens with one attached hydrogen (secondary N) is 1. The Morgan fingerprint density at radius 1 is 1.13 bits per heavy atom. The number of likely N-dealkylation sites (tertiary alicyclic amines) is 1. The Hall–Kier alpha value is -3.38. The van der Waals surface area contributed by atoms with Gasteiger partial charge in [0.25, 0.3) is 0 Å². The number of benzene rings is 1. The summed E-state index contributed by atoms with van der Waals surface area (Å²) in [7, 11) is 2.17. The second kappa shape index (κ2) is 10.4. The van der Waals surface area contributed by atoms with Gasteiger partial charge in [0.2, 0.25) is 6.54 Å². The summed E-state index contributed by atoms with van der Waals surface area (Å²) < 4.78 is 6.30. The van der Waals surface area contributed by atoms with Crippen LogP contribution in [0.3, 0.4) is 0 Å². The number of rotatable bonds is 6.